The second-order valence-electron chi connectivity index (χ2n) is 7.28. The highest BCUT2D eigenvalue weighted by Gasteiger charge is 2.54. The van der Waals surface area contributed by atoms with Gasteiger partial charge >= 0.3 is 0 Å². The van der Waals surface area contributed by atoms with Gasteiger partial charge in [-0.05, 0) is 43.2 Å². The van der Waals surface area contributed by atoms with Gasteiger partial charge in [0.1, 0.15) is 0 Å². The SMILES string of the molecule is O=c1ccc2nc3ccc(N4C[C@H]5CC6C[C@@H](C4)N65)cc3sc-2c1. The van der Waals surface area contributed by atoms with Crippen LogP contribution < -0.4 is 10.3 Å². The summed E-state index contributed by atoms with van der Waals surface area (Å²) in [6, 6.07) is 14.1. The number of benzene rings is 2. The van der Waals surface area contributed by atoms with Crippen molar-refractivity contribution in [2.24, 2.45) is 0 Å². The second kappa shape index (κ2) is 4.55. The topological polar surface area (TPSA) is 36.4 Å². The van der Waals surface area contributed by atoms with Crippen LogP contribution in [0.3, 0.4) is 0 Å². The lowest BCUT2D eigenvalue weighted by atomic mass is 9.74. The minimum atomic E-state index is 0.0525. The average Bonchev–Trinajstić information content (AvgIpc) is 2.53. The average molecular weight is 335 g/mol. The Hall–Kier alpha value is -1.98. The molecule has 0 radical (unpaired) electrons. The molecule has 0 bridgehead atoms. The summed E-state index contributed by atoms with van der Waals surface area (Å²) in [5.74, 6) is 0. The summed E-state index contributed by atoms with van der Waals surface area (Å²) >= 11 is 1.67. The van der Waals surface area contributed by atoms with Gasteiger partial charge in [-0.2, -0.15) is 0 Å². The normalized spacial score (nSPS) is 28.5. The molecule has 4 heterocycles. The summed E-state index contributed by atoms with van der Waals surface area (Å²) in [6.07, 6.45) is 2.75. The molecule has 1 aromatic carbocycles. The molecule has 3 saturated heterocycles. The van der Waals surface area contributed by atoms with Crippen molar-refractivity contribution in [1.82, 2.24) is 9.88 Å². The Morgan fingerprint density at radius 3 is 2.62 bits per heavy atom. The van der Waals surface area contributed by atoms with Gasteiger partial charge in [-0.1, -0.05) is 0 Å². The number of hydrogen-bond donors (Lipinski definition) is 0. The minimum Gasteiger partial charge on any atom is -0.368 e. The first-order chi connectivity index (χ1) is 11.7. The largest absolute Gasteiger partial charge is 0.368 e. The van der Waals surface area contributed by atoms with Crippen molar-refractivity contribution in [1.29, 1.82) is 0 Å². The van der Waals surface area contributed by atoms with Crippen molar-refractivity contribution in [3.8, 4) is 10.6 Å². The fourth-order valence-electron chi connectivity index (χ4n) is 4.75. The lowest BCUT2D eigenvalue weighted by molar-refractivity contribution is -0.126. The number of rotatable bonds is 1. The molecule has 0 N–H and O–H groups in total. The van der Waals surface area contributed by atoms with E-state index >= 15 is 0 Å². The van der Waals surface area contributed by atoms with Crippen LogP contribution in [0.2, 0.25) is 0 Å². The van der Waals surface area contributed by atoms with Gasteiger partial charge in [-0.15, -0.1) is 11.3 Å². The van der Waals surface area contributed by atoms with Crippen molar-refractivity contribution in [3.63, 3.8) is 0 Å². The van der Waals surface area contributed by atoms with Crippen molar-refractivity contribution in [3.05, 3.63) is 46.6 Å². The van der Waals surface area contributed by atoms with Crippen LogP contribution in [0, 0.1) is 0 Å². The summed E-state index contributed by atoms with van der Waals surface area (Å²) in [5, 5.41) is 0. The maximum absolute atomic E-state index is 11.6. The van der Waals surface area contributed by atoms with Gasteiger partial charge < -0.3 is 4.90 Å². The van der Waals surface area contributed by atoms with E-state index in [0.29, 0.717) is 0 Å². The second-order valence-corrected chi connectivity index (χ2v) is 8.36. The van der Waals surface area contributed by atoms with Crippen LogP contribution in [0.15, 0.2) is 41.2 Å². The molecule has 5 aliphatic rings. The van der Waals surface area contributed by atoms with E-state index in [1.165, 1.54) is 18.5 Å². The molecule has 3 atom stereocenters. The molecule has 0 aromatic heterocycles. The molecule has 24 heavy (non-hydrogen) atoms. The Morgan fingerprint density at radius 2 is 1.83 bits per heavy atom. The van der Waals surface area contributed by atoms with E-state index in [9.17, 15) is 4.79 Å². The first kappa shape index (κ1) is 13.3. The molecule has 0 spiro atoms. The van der Waals surface area contributed by atoms with E-state index in [4.69, 9.17) is 4.98 Å². The molecular formula is C19H17N3OS. The van der Waals surface area contributed by atoms with E-state index in [-0.39, 0.29) is 5.43 Å². The van der Waals surface area contributed by atoms with Crippen LogP contribution in [0.5, 0.6) is 0 Å². The molecule has 1 unspecified atom stereocenters. The molecule has 4 nitrogen and oxygen atoms in total. The molecule has 120 valence electrons. The van der Waals surface area contributed by atoms with Crippen LogP contribution in [-0.4, -0.2) is 41.1 Å². The zero-order chi connectivity index (χ0) is 15.8. The monoisotopic (exact) mass is 335 g/mol. The molecule has 1 aromatic rings. The van der Waals surface area contributed by atoms with Gasteiger partial charge in [-0.3, -0.25) is 9.69 Å². The van der Waals surface area contributed by atoms with E-state index in [1.807, 2.05) is 6.07 Å². The number of anilines is 1. The summed E-state index contributed by atoms with van der Waals surface area (Å²) in [4.78, 5) is 22.6. The number of piperazine rings is 1. The van der Waals surface area contributed by atoms with E-state index in [1.54, 1.807) is 23.5 Å². The lowest BCUT2D eigenvalue weighted by Gasteiger charge is -2.66. The highest BCUT2D eigenvalue weighted by molar-refractivity contribution is 7.21. The third-order valence-corrected chi connectivity index (χ3v) is 7.01. The summed E-state index contributed by atoms with van der Waals surface area (Å²) in [6.45, 7) is 2.30. The standard InChI is InChI=1S/C19H17N3OS/c23-15-2-4-17-19(8-15)24-18-7-11(1-3-16(18)20-17)21-9-13-5-12-6-14(10-21)22(12)13/h1-4,7-8,12-14H,5-6,9-10H2/t12?,13-,14+. The molecular weight excluding hydrogens is 318 g/mol. The van der Waals surface area contributed by atoms with Crippen molar-refractivity contribution in [2.75, 3.05) is 18.0 Å². The quantitative estimate of drug-likeness (QED) is 0.641. The molecule has 6 rings (SSSR count). The maximum atomic E-state index is 11.6. The fourth-order valence-corrected chi connectivity index (χ4v) is 5.78. The van der Waals surface area contributed by atoms with Gasteiger partial charge in [0.25, 0.3) is 0 Å². The summed E-state index contributed by atoms with van der Waals surface area (Å²) in [7, 11) is 0. The molecule has 0 saturated carbocycles. The van der Waals surface area contributed by atoms with Crippen LogP contribution in [-0.2, 0) is 0 Å². The van der Waals surface area contributed by atoms with Crippen LogP contribution in [0.4, 0.5) is 5.69 Å². The van der Waals surface area contributed by atoms with Gasteiger partial charge in [0, 0.05) is 43.0 Å². The first-order valence-electron chi connectivity index (χ1n) is 8.62. The highest BCUT2D eigenvalue weighted by Crippen LogP contribution is 2.45. The summed E-state index contributed by atoms with van der Waals surface area (Å²) < 4.78 is 1.16. The van der Waals surface area contributed by atoms with E-state index < -0.39 is 0 Å². The zero-order valence-electron chi connectivity index (χ0n) is 13.2. The smallest absolute Gasteiger partial charge is 0.180 e. The first-order valence-corrected chi connectivity index (χ1v) is 9.43. The molecule has 4 aliphatic heterocycles. The molecule has 3 fully saturated rings. The van der Waals surface area contributed by atoms with Gasteiger partial charge in [0.2, 0.25) is 0 Å². The zero-order valence-corrected chi connectivity index (χ0v) is 14.0. The van der Waals surface area contributed by atoms with Gasteiger partial charge in [0.05, 0.1) is 20.8 Å². The fraction of sp³-hybridized carbons (Fsp3) is 0.368. The molecule has 1 aliphatic carbocycles. The predicted molar refractivity (Wildman–Crippen MR) is 97.2 cm³/mol. The predicted octanol–water partition coefficient (Wildman–Crippen LogP) is 2.80. The Morgan fingerprint density at radius 1 is 1.00 bits per heavy atom. The lowest BCUT2D eigenvalue weighted by Crippen LogP contribution is -2.77. The Balaban J connectivity index is 1.42. The Kier molecular flexibility index (Phi) is 2.53. The maximum Gasteiger partial charge on any atom is 0.180 e. The number of hydrogen-bond acceptors (Lipinski definition) is 5. The molecule has 5 heteroatoms. The van der Waals surface area contributed by atoms with Crippen LogP contribution >= 0.6 is 11.3 Å². The number of piperidine rings is 1. The summed E-state index contributed by atoms with van der Waals surface area (Å²) in [5.41, 5.74) is 3.27. The molecule has 0 amide bonds. The third-order valence-electron chi connectivity index (χ3n) is 5.92. The number of nitrogens with zero attached hydrogens (tertiary/aromatic N) is 3. The highest BCUT2D eigenvalue weighted by atomic mass is 32.1. The van der Waals surface area contributed by atoms with E-state index in [0.717, 1.165) is 52.0 Å². The third kappa shape index (κ3) is 1.77. The van der Waals surface area contributed by atoms with E-state index in [2.05, 4.69) is 28.0 Å². The van der Waals surface area contributed by atoms with Gasteiger partial charge in [0.15, 0.2) is 5.43 Å². The van der Waals surface area contributed by atoms with Crippen LogP contribution in [0.1, 0.15) is 12.8 Å². The van der Waals surface area contributed by atoms with Crippen molar-refractivity contribution >= 4 is 27.2 Å². The van der Waals surface area contributed by atoms with Crippen LogP contribution in [0.25, 0.3) is 20.8 Å². The van der Waals surface area contributed by atoms with Crippen molar-refractivity contribution in [2.45, 2.75) is 31.0 Å². The number of fused-ring (bicyclic) bond motifs is 2. The Bertz CT molecular complexity index is 983. The van der Waals surface area contributed by atoms with Gasteiger partial charge in [-0.25, -0.2) is 4.98 Å². The minimum absolute atomic E-state index is 0.0525. The Labute approximate surface area is 143 Å². The van der Waals surface area contributed by atoms with Crippen molar-refractivity contribution < 1.29 is 0 Å². The number of aromatic nitrogens is 1.